The van der Waals surface area contributed by atoms with Gasteiger partial charge in [-0.2, -0.15) is 0 Å². The Morgan fingerprint density at radius 2 is 0.0227 bits per heavy atom. The van der Waals surface area contributed by atoms with E-state index < -0.39 is 0 Å². The van der Waals surface area contributed by atoms with Crippen LogP contribution < -0.4 is 53.5 Å². The van der Waals surface area contributed by atoms with Crippen LogP contribution in [0.15, 0.2) is 0 Å². The predicted molar refractivity (Wildman–Crippen MR) is 2000 cm³/mol. The quantitative estimate of drug-likeness (QED) is 0.168. The van der Waals surface area contributed by atoms with Gasteiger partial charge in [-0.15, -0.1) is 3120 Å². The Hall–Kier alpha value is 96.6. The second-order valence-electron chi connectivity index (χ2n) is 0. The van der Waals surface area contributed by atoms with Crippen LogP contribution >= 0.6 is 3120 Å². The Bertz CT molecular complexity index is 8.48. The second-order valence-corrected chi connectivity index (χ2v) is 0. The van der Waals surface area contributed by atoms with Crippen LogP contribution in [0.3, 0.4) is 0 Å². The molecule has 0 nitrogen and oxygen atoms in total. The van der Waals surface area contributed by atoms with Gasteiger partial charge in [0.15, 0.2) is 0 Å². The van der Waals surface area contributed by atoms with Crippen molar-refractivity contribution < 1.29 is 53.5 Å². The van der Waals surface area contributed by atoms with Crippen molar-refractivity contribution in [2.24, 2.45) is 0 Å². The second kappa shape index (κ2) is 1250. The molecule has 0 saturated heterocycles. The van der Waals surface area contributed by atoms with E-state index in [1.807, 2.05) is 0 Å². The minimum atomic E-state index is 0. The van der Waals surface area contributed by atoms with Gasteiger partial charge in [-0.25, -0.2) is 0 Å². The van der Waals surface area contributed by atoms with E-state index in [0.717, 1.165) is 0 Å². The summed E-state index contributed by atoms with van der Waals surface area (Å²) in [6.07, 6.45) is 0. The Balaban J connectivity index is 0. The Labute approximate surface area is 3060 Å². The molecule has 0 rings (SSSR count). The number of rotatable bonds is 0. The molecule has 0 spiro atoms. The average Bonchev–Trinajstić information content (AvgIpc) is 0. The van der Waals surface area contributed by atoms with Gasteiger partial charge in [-0.3, -0.25) is 0 Å². The molecule has 0 aliphatic rings. The smallest absolute Gasteiger partial charge is 1.00 e. The van der Waals surface area contributed by atoms with Gasteiger partial charge in [-0.1, -0.05) is 0 Å². The van der Waals surface area contributed by atoms with Crippen molar-refractivity contribution in [1.82, 2.24) is 0 Å². The summed E-state index contributed by atoms with van der Waals surface area (Å²) in [6, 6.07) is 0. The van der Waals surface area contributed by atoms with Crippen molar-refractivity contribution in [2.45, 2.75) is 0 Å². The summed E-state index contributed by atoms with van der Waals surface area (Å²) in [5, 5.41) is 0. The fourth-order valence-electron chi connectivity index (χ4n) is 0. The Morgan fingerprint density at radius 1 is 0.0227 bits per heavy atom. The first kappa shape index (κ1) is 1270. The van der Waals surface area contributed by atoms with Crippen molar-refractivity contribution >= 4 is 3120 Å². The molecule has 0 bridgehead atoms. The van der Waals surface area contributed by atoms with Crippen LogP contribution in [0, 0.1) is 0 Å². The number of halogens is 131. The molecule has 0 aliphatic heterocycles. The van der Waals surface area contributed by atoms with E-state index in [4.69, 9.17) is 0 Å². The van der Waals surface area contributed by atoms with Gasteiger partial charge >= 0.3 is 29.6 Å². The topological polar surface area (TPSA) is 0 Å². The molecule has 1048 valence electrons. The van der Waals surface area contributed by atoms with Gasteiger partial charge in [0, 0.05) is 0 Å². The number of hydrogen-bond donors (Lipinski definition) is 0. The van der Waals surface area contributed by atoms with Crippen LogP contribution in [0.2, 0.25) is 0 Å². The van der Waals surface area contributed by atoms with Crippen LogP contribution in [0.1, 0.15) is 0 Å². The molecule has 0 unspecified atom stereocenters. The first-order chi connectivity index (χ1) is 0. The first-order valence-corrected chi connectivity index (χ1v) is 0. The minimum absolute atomic E-state index is 0. The fraction of sp³-hybridized carbons (Fsp3) is 0. The minimum Gasteiger partial charge on any atom is -1.00 e. The van der Waals surface area contributed by atoms with Crippen molar-refractivity contribution in [3.63, 3.8) is 0 Å². The molecule has 0 radical (unpaired) electrons. The third-order valence-corrected chi connectivity index (χ3v) is 0. The molecule has 0 saturated carbocycles. The molecule has 0 aromatic heterocycles. The molecule has 0 fully saturated rings. The Kier molecular flexibility index (Phi) is 12000. The van der Waals surface area contributed by atoms with Gasteiger partial charge in [0.1, 0.15) is 0 Å². The van der Waals surface area contributed by atoms with E-state index in [-0.39, 0.29) is 3170 Å². The molecule has 0 aliphatic carbocycles. The van der Waals surface area contributed by atoms with E-state index in [9.17, 15) is 0 Å². The summed E-state index contributed by atoms with van der Waals surface area (Å²) in [6.45, 7) is 0. The normalized spacial score (nSPS) is 0. The van der Waals surface area contributed by atoms with Gasteiger partial charge in [-0.05, 0) is 0 Å². The zero-order valence-electron chi connectivity index (χ0n) is 54.5. The molecule has 0 aromatic carbocycles. The van der Waals surface area contributed by atoms with Crippen molar-refractivity contribution in [3.8, 4) is 0 Å². The van der Waals surface area contributed by atoms with Crippen molar-refractivity contribution in [3.05, 3.63) is 0 Å². The fourth-order valence-corrected chi connectivity index (χ4v) is 0. The standard InChI is InChI=1S/131HI.Na/h131*1H;/q;;;;;;;;;;;;;;;;;;;;;;;;;;;;;;;;;;;;;;;;;;;;;;;;;;;;;;;;;;;;;;;;;;;;;;;;;;;;;;;;;;;;;;;;;;;;;;;;;;;;;;;;;;;;;;;;;;;;;;;;;;;;;;;;;;;+1/p-1. The van der Waals surface area contributed by atoms with E-state index >= 15 is 0 Å². The number of hydrogen-bond acceptors (Lipinski definition) is 0. The summed E-state index contributed by atoms with van der Waals surface area (Å²) in [7, 11) is 0. The molecule has 0 atom stereocenters. The molecule has 132 heavy (non-hydrogen) atoms. The van der Waals surface area contributed by atoms with E-state index in [0.29, 0.717) is 0 Å². The summed E-state index contributed by atoms with van der Waals surface area (Å²) < 4.78 is 0. The monoisotopic (exact) mass is 16800 g/mol. The molecule has 132 heteroatoms. The van der Waals surface area contributed by atoms with Crippen LogP contribution in [0.5, 0.6) is 0 Å². The molecule has 0 amide bonds. The summed E-state index contributed by atoms with van der Waals surface area (Å²) >= 11 is 0. The third-order valence-electron chi connectivity index (χ3n) is 0. The maximum Gasteiger partial charge on any atom is 1.00 e. The zero-order chi connectivity index (χ0) is 0. The van der Waals surface area contributed by atoms with Crippen LogP contribution in [0.4, 0.5) is 0 Å². The maximum absolute atomic E-state index is 0. The summed E-state index contributed by atoms with van der Waals surface area (Å²) in [5.41, 5.74) is 0. The van der Waals surface area contributed by atoms with Crippen LogP contribution in [0.25, 0.3) is 0 Å². The third kappa shape index (κ3) is 1240. The van der Waals surface area contributed by atoms with Crippen LogP contribution in [-0.2, 0) is 0 Å². The van der Waals surface area contributed by atoms with Gasteiger partial charge < -0.3 is 24.0 Å². The molecular weight excluding hydrogens is 16600 g/mol. The molecule has 0 heterocycles. The van der Waals surface area contributed by atoms with Gasteiger partial charge in [0.05, 0.1) is 0 Å². The van der Waals surface area contributed by atoms with E-state index in [1.54, 1.807) is 0 Å². The van der Waals surface area contributed by atoms with Crippen LogP contribution in [-0.4, -0.2) is 0 Å². The largest absolute Gasteiger partial charge is 1.00 e. The predicted octanol–water partition coefficient (Wildman–Crippen LogP) is 74.3. The van der Waals surface area contributed by atoms with Gasteiger partial charge in [0.2, 0.25) is 0 Å². The molecular formula is H130I131Na. The summed E-state index contributed by atoms with van der Waals surface area (Å²) in [4.78, 5) is 0. The SMILES string of the molecule is I.I.I.I.I.I.I.I.I.I.I.I.I.I.I.I.I.I.I.I.I.I.I.I.I.I.I.I.I.I.I.I.I.I.I.I.I.I.I.I.I.I.I.I.I.I.I.I.I.I.I.I.I.I.I.I.I.I.I.I.I.I.I.I.I.I.I.I.I.I.I.I.I.I.I.I.I.I.I.I.I.I.I.I.I.I.I.I.I.I.I.I.I.I.I.I.I.I.I.I.I.I.I.I.I.I.I.I.I.I.I.I.I.I.I.I.I.I.I.I.I.I.I.I.I.I.I.I.I.I.[I-].[Na+]. The van der Waals surface area contributed by atoms with Gasteiger partial charge in [0.25, 0.3) is 0 Å². The summed E-state index contributed by atoms with van der Waals surface area (Å²) in [5.74, 6) is 0. The Morgan fingerprint density at radius 3 is 0.0227 bits per heavy atom. The molecule has 0 N–H and O–H groups in total. The maximum atomic E-state index is 0. The molecule has 0 aromatic rings. The van der Waals surface area contributed by atoms with Crippen molar-refractivity contribution in [2.75, 3.05) is 0 Å². The van der Waals surface area contributed by atoms with Crippen molar-refractivity contribution in [1.29, 1.82) is 0 Å². The van der Waals surface area contributed by atoms with E-state index in [1.165, 1.54) is 0 Å². The zero-order valence-corrected chi connectivity index (χ0v) is 362. The van der Waals surface area contributed by atoms with E-state index in [2.05, 4.69) is 0 Å². The average molecular weight is 16800 g/mol. The first-order valence-electron chi connectivity index (χ1n) is 0.